The van der Waals surface area contributed by atoms with Gasteiger partial charge in [-0.25, -0.2) is 8.78 Å². The minimum Gasteiger partial charge on any atom is -0.342 e. The van der Waals surface area contributed by atoms with Crippen molar-refractivity contribution in [1.82, 2.24) is 9.80 Å². The van der Waals surface area contributed by atoms with Gasteiger partial charge >= 0.3 is 0 Å². The second-order valence-corrected chi connectivity index (χ2v) is 7.13. The molecular weight excluding hydrogens is 340 g/mol. The van der Waals surface area contributed by atoms with Crippen molar-refractivity contribution in [3.8, 4) is 0 Å². The lowest BCUT2D eigenvalue weighted by Gasteiger charge is -2.36. The van der Waals surface area contributed by atoms with Gasteiger partial charge in [-0.05, 0) is 57.8 Å². The van der Waals surface area contributed by atoms with Crippen molar-refractivity contribution in [1.29, 1.82) is 0 Å². The Hall–Kier alpha value is -2.02. The molecule has 2 aliphatic rings. The van der Waals surface area contributed by atoms with Crippen LogP contribution in [0.4, 0.5) is 14.5 Å². The fraction of sp³-hybridized carbons (Fsp3) is 0.579. The first kappa shape index (κ1) is 18.8. The number of benzene rings is 1. The maximum Gasteiger partial charge on any atom is 0.241 e. The molecule has 2 saturated heterocycles. The van der Waals surface area contributed by atoms with Crippen molar-refractivity contribution in [2.24, 2.45) is 5.92 Å². The minimum absolute atomic E-state index is 0.0256. The molecular formula is C19H25F2N3O2. The summed E-state index contributed by atoms with van der Waals surface area (Å²) in [6, 6.07) is 2.63. The summed E-state index contributed by atoms with van der Waals surface area (Å²) in [5, 5.41) is 2.52. The molecule has 2 amide bonds. The number of amides is 2. The van der Waals surface area contributed by atoms with Crippen molar-refractivity contribution < 1.29 is 18.4 Å². The first-order valence-electron chi connectivity index (χ1n) is 9.24. The molecule has 142 valence electrons. The summed E-state index contributed by atoms with van der Waals surface area (Å²) in [6.07, 6.45) is 3.64. The van der Waals surface area contributed by atoms with Crippen LogP contribution in [0.5, 0.6) is 0 Å². The van der Waals surface area contributed by atoms with E-state index in [9.17, 15) is 18.4 Å². The number of hydrogen-bond donors (Lipinski definition) is 1. The van der Waals surface area contributed by atoms with Crippen LogP contribution < -0.4 is 5.32 Å². The SMILES string of the molecule is CC(C(=O)Nc1ccc(F)cc1F)N1CCC(C(=O)N2CCCC2)CC1. The second-order valence-electron chi connectivity index (χ2n) is 7.13. The molecule has 2 fully saturated rings. The van der Waals surface area contributed by atoms with Gasteiger partial charge in [-0.2, -0.15) is 0 Å². The Kier molecular flexibility index (Phi) is 5.86. The highest BCUT2D eigenvalue weighted by Gasteiger charge is 2.32. The molecule has 2 heterocycles. The van der Waals surface area contributed by atoms with Crippen molar-refractivity contribution in [3.05, 3.63) is 29.8 Å². The Bertz CT molecular complexity index is 669. The summed E-state index contributed by atoms with van der Waals surface area (Å²) in [5.41, 5.74) is -0.0256. The molecule has 5 nitrogen and oxygen atoms in total. The van der Waals surface area contributed by atoms with Crippen LogP contribution in [0.1, 0.15) is 32.6 Å². The molecule has 2 aliphatic heterocycles. The number of rotatable bonds is 4. The first-order chi connectivity index (χ1) is 12.5. The third kappa shape index (κ3) is 4.20. The second kappa shape index (κ2) is 8.12. The van der Waals surface area contributed by atoms with E-state index in [2.05, 4.69) is 5.32 Å². The zero-order valence-electron chi connectivity index (χ0n) is 15.0. The fourth-order valence-corrected chi connectivity index (χ4v) is 3.72. The zero-order chi connectivity index (χ0) is 18.7. The fourth-order valence-electron chi connectivity index (χ4n) is 3.72. The number of anilines is 1. The predicted molar refractivity (Wildman–Crippen MR) is 94.6 cm³/mol. The maximum atomic E-state index is 13.7. The number of nitrogens with zero attached hydrogens (tertiary/aromatic N) is 2. The average Bonchev–Trinajstić information content (AvgIpc) is 3.17. The lowest BCUT2D eigenvalue weighted by molar-refractivity contribution is -0.136. The Morgan fingerprint density at radius 1 is 1.12 bits per heavy atom. The van der Waals surface area contributed by atoms with Gasteiger partial charge in [0.1, 0.15) is 11.6 Å². The van der Waals surface area contributed by atoms with Crippen LogP contribution in [0.25, 0.3) is 0 Å². The van der Waals surface area contributed by atoms with Crippen LogP contribution in [-0.4, -0.2) is 53.8 Å². The van der Waals surface area contributed by atoms with Gasteiger partial charge in [0.05, 0.1) is 11.7 Å². The molecule has 3 rings (SSSR count). The van der Waals surface area contributed by atoms with E-state index in [4.69, 9.17) is 0 Å². The summed E-state index contributed by atoms with van der Waals surface area (Å²) in [7, 11) is 0. The van der Waals surface area contributed by atoms with Gasteiger partial charge < -0.3 is 10.2 Å². The Morgan fingerprint density at radius 2 is 1.77 bits per heavy atom. The molecule has 0 spiro atoms. The van der Waals surface area contributed by atoms with Crippen LogP contribution in [0, 0.1) is 17.6 Å². The number of piperidine rings is 1. The van der Waals surface area contributed by atoms with E-state index in [1.54, 1.807) is 6.92 Å². The van der Waals surface area contributed by atoms with Gasteiger partial charge in [0.25, 0.3) is 0 Å². The van der Waals surface area contributed by atoms with E-state index < -0.39 is 17.7 Å². The van der Waals surface area contributed by atoms with Gasteiger partial charge in [0.2, 0.25) is 11.8 Å². The van der Waals surface area contributed by atoms with Crippen LogP contribution in [0.15, 0.2) is 18.2 Å². The third-order valence-electron chi connectivity index (χ3n) is 5.41. The molecule has 1 aromatic carbocycles. The molecule has 1 unspecified atom stereocenters. The van der Waals surface area contributed by atoms with Gasteiger partial charge in [0, 0.05) is 25.1 Å². The molecule has 0 bridgehead atoms. The van der Waals surface area contributed by atoms with Crippen molar-refractivity contribution >= 4 is 17.5 Å². The van der Waals surface area contributed by atoms with E-state index >= 15 is 0 Å². The van der Waals surface area contributed by atoms with Crippen LogP contribution >= 0.6 is 0 Å². The Labute approximate surface area is 152 Å². The predicted octanol–water partition coefficient (Wildman–Crippen LogP) is 2.63. The number of carbonyl (C=O) groups is 2. The molecule has 7 heteroatoms. The summed E-state index contributed by atoms with van der Waals surface area (Å²) in [4.78, 5) is 28.8. The summed E-state index contributed by atoms with van der Waals surface area (Å²) in [6.45, 7) is 4.80. The van der Waals surface area contributed by atoms with E-state index in [1.165, 1.54) is 6.07 Å². The van der Waals surface area contributed by atoms with Crippen molar-refractivity contribution in [2.75, 3.05) is 31.5 Å². The molecule has 1 atom stereocenters. The normalized spacial score (nSPS) is 20.2. The Morgan fingerprint density at radius 3 is 2.38 bits per heavy atom. The maximum absolute atomic E-state index is 13.7. The molecule has 0 saturated carbocycles. The van der Waals surface area contributed by atoms with Crippen LogP contribution in [0.3, 0.4) is 0 Å². The van der Waals surface area contributed by atoms with Gasteiger partial charge in [-0.3, -0.25) is 14.5 Å². The molecule has 1 aromatic rings. The Balaban J connectivity index is 1.51. The average molecular weight is 365 g/mol. The molecule has 1 N–H and O–H groups in total. The standard InChI is InChI=1S/C19H25F2N3O2/c1-13(18(25)22-17-5-4-15(20)12-16(17)21)23-10-6-14(7-11-23)19(26)24-8-2-3-9-24/h4-5,12-14H,2-3,6-11H2,1H3,(H,22,25). The van der Waals surface area contributed by atoms with E-state index in [-0.39, 0.29) is 23.4 Å². The highest BCUT2D eigenvalue weighted by atomic mass is 19.1. The van der Waals surface area contributed by atoms with Gasteiger partial charge in [0.15, 0.2) is 0 Å². The van der Waals surface area contributed by atoms with Gasteiger partial charge in [-0.15, -0.1) is 0 Å². The largest absolute Gasteiger partial charge is 0.342 e. The van der Waals surface area contributed by atoms with E-state index in [1.807, 2.05) is 9.80 Å². The molecule has 26 heavy (non-hydrogen) atoms. The van der Waals surface area contributed by atoms with Gasteiger partial charge in [-0.1, -0.05) is 0 Å². The monoisotopic (exact) mass is 365 g/mol. The first-order valence-corrected chi connectivity index (χ1v) is 9.24. The highest BCUT2D eigenvalue weighted by molar-refractivity contribution is 5.94. The topological polar surface area (TPSA) is 52.7 Å². The molecule has 0 radical (unpaired) electrons. The van der Waals surface area contributed by atoms with Crippen molar-refractivity contribution in [2.45, 2.75) is 38.6 Å². The number of carbonyl (C=O) groups excluding carboxylic acids is 2. The lowest BCUT2D eigenvalue weighted by Crippen LogP contribution is -2.48. The summed E-state index contributed by atoms with van der Waals surface area (Å²) >= 11 is 0. The molecule has 0 aliphatic carbocycles. The zero-order valence-corrected chi connectivity index (χ0v) is 15.0. The quantitative estimate of drug-likeness (QED) is 0.892. The minimum atomic E-state index is -0.791. The third-order valence-corrected chi connectivity index (χ3v) is 5.41. The van der Waals surface area contributed by atoms with E-state index in [0.717, 1.165) is 50.9 Å². The summed E-state index contributed by atoms with van der Waals surface area (Å²) in [5.74, 6) is -1.53. The smallest absolute Gasteiger partial charge is 0.241 e. The van der Waals surface area contributed by atoms with Crippen LogP contribution in [0.2, 0.25) is 0 Å². The summed E-state index contributed by atoms with van der Waals surface area (Å²) < 4.78 is 26.7. The van der Waals surface area contributed by atoms with Crippen LogP contribution in [-0.2, 0) is 9.59 Å². The number of nitrogens with one attached hydrogen (secondary N) is 1. The molecule has 0 aromatic heterocycles. The van der Waals surface area contributed by atoms with Crippen molar-refractivity contribution in [3.63, 3.8) is 0 Å². The number of halogens is 2. The van der Waals surface area contributed by atoms with E-state index in [0.29, 0.717) is 13.1 Å². The number of hydrogen-bond acceptors (Lipinski definition) is 3. The highest BCUT2D eigenvalue weighted by Crippen LogP contribution is 2.24. The number of likely N-dealkylation sites (tertiary alicyclic amines) is 2. The lowest BCUT2D eigenvalue weighted by atomic mass is 9.94.